The molecule has 206 valence electrons. The summed E-state index contributed by atoms with van der Waals surface area (Å²) >= 11 is 1.46. The number of nitrogens with zero attached hydrogens (tertiary/aromatic N) is 2. The minimum atomic E-state index is -0.386. The highest BCUT2D eigenvalue weighted by atomic mass is 32.1. The number of imidazole rings is 1. The van der Waals surface area contributed by atoms with Crippen LogP contribution < -0.4 is 10.6 Å². The van der Waals surface area contributed by atoms with Gasteiger partial charge in [-0.05, 0) is 43.7 Å². The first-order valence-corrected chi connectivity index (χ1v) is 14.3. The molecule has 1 aromatic carbocycles. The summed E-state index contributed by atoms with van der Waals surface area (Å²) in [6.45, 7) is 4.00. The molecule has 3 N–H and O–H groups in total. The van der Waals surface area contributed by atoms with Gasteiger partial charge in [0.2, 0.25) is 5.91 Å². The van der Waals surface area contributed by atoms with Crippen molar-refractivity contribution in [1.29, 1.82) is 0 Å². The van der Waals surface area contributed by atoms with Crippen LogP contribution in [0, 0.1) is 5.82 Å². The van der Waals surface area contributed by atoms with Crippen LogP contribution in [0.1, 0.15) is 64.0 Å². The lowest BCUT2D eigenvalue weighted by atomic mass is 9.97. The van der Waals surface area contributed by atoms with E-state index in [0.717, 1.165) is 39.4 Å². The summed E-state index contributed by atoms with van der Waals surface area (Å²) < 4.78 is 15.5. The molecule has 6 rings (SSSR count). The molecule has 2 aliphatic rings. The zero-order valence-electron chi connectivity index (χ0n) is 22.7. The van der Waals surface area contributed by atoms with Crippen LogP contribution in [-0.4, -0.2) is 33.2 Å². The number of fused-ring (bicyclic) bond motifs is 2. The standard InChI is InChI=1S/C32H28FN5O2S/c1-3-30(40)36-20-13-19(16-34-17-20)23-14-24-21(8-6-12-35-27(24)15-25(23)33)32-37-26-9-5-4-7-22(31(26)38-32)29-11-10-28(41-29)18(2)39/h4-5,7-8,10-11,13-17,35H,3,6,9,12H2,1-2H3,(H,36,40)(H,37,38). The molecule has 0 spiro atoms. The van der Waals surface area contributed by atoms with Crippen molar-refractivity contribution in [2.24, 2.45) is 0 Å². The number of hydrogen-bond acceptors (Lipinski definition) is 6. The van der Waals surface area contributed by atoms with E-state index in [0.29, 0.717) is 52.6 Å². The molecular formula is C32H28FN5O2S. The van der Waals surface area contributed by atoms with Crippen molar-refractivity contribution >= 4 is 45.5 Å². The number of pyridine rings is 1. The first-order chi connectivity index (χ1) is 19.9. The van der Waals surface area contributed by atoms with Gasteiger partial charge in [0.1, 0.15) is 11.6 Å². The number of nitrogens with one attached hydrogen (secondary N) is 3. The smallest absolute Gasteiger partial charge is 0.224 e. The number of benzene rings is 1. The molecule has 4 heterocycles. The van der Waals surface area contributed by atoms with Crippen molar-refractivity contribution in [3.05, 3.63) is 105 Å². The van der Waals surface area contributed by atoms with Crippen molar-refractivity contribution in [2.75, 3.05) is 17.2 Å². The Hall–Kier alpha value is -4.63. The SMILES string of the molecule is CCC(=O)Nc1cncc(-c2cc3c(cc2F)NCCC=C3c2nc3c([nH]2)CC=CC=C3c2ccc(C(C)=O)s2)c1. The van der Waals surface area contributed by atoms with E-state index in [1.165, 1.54) is 17.4 Å². The third-order valence-corrected chi connectivity index (χ3v) is 8.31. The van der Waals surface area contributed by atoms with Gasteiger partial charge in [-0.25, -0.2) is 9.37 Å². The van der Waals surface area contributed by atoms with E-state index < -0.39 is 0 Å². The number of ketones is 1. The molecule has 0 saturated heterocycles. The number of amides is 1. The number of aromatic amines is 1. The second-order valence-electron chi connectivity index (χ2n) is 9.92. The molecule has 0 fully saturated rings. The van der Waals surface area contributed by atoms with Gasteiger partial charge in [0.25, 0.3) is 0 Å². The highest BCUT2D eigenvalue weighted by Gasteiger charge is 2.24. The number of halogens is 1. The Morgan fingerprint density at radius 2 is 2.00 bits per heavy atom. The zero-order valence-corrected chi connectivity index (χ0v) is 23.5. The molecule has 0 unspecified atom stereocenters. The van der Waals surface area contributed by atoms with Crippen molar-refractivity contribution in [1.82, 2.24) is 15.0 Å². The summed E-state index contributed by atoms with van der Waals surface area (Å²) in [5.74, 6) is 0.215. The number of aromatic nitrogens is 3. The summed E-state index contributed by atoms with van der Waals surface area (Å²) in [6, 6.07) is 8.88. The van der Waals surface area contributed by atoms with Crippen LogP contribution in [0.3, 0.4) is 0 Å². The first kappa shape index (κ1) is 26.6. The molecule has 3 aromatic heterocycles. The predicted molar refractivity (Wildman–Crippen MR) is 162 cm³/mol. The van der Waals surface area contributed by atoms with E-state index in [1.54, 1.807) is 32.3 Å². The molecule has 7 nitrogen and oxygen atoms in total. The van der Waals surface area contributed by atoms with E-state index >= 15 is 4.39 Å². The highest BCUT2D eigenvalue weighted by molar-refractivity contribution is 7.15. The van der Waals surface area contributed by atoms with Crippen LogP contribution in [0.5, 0.6) is 0 Å². The Kier molecular flexibility index (Phi) is 7.19. The lowest BCUT2D eigenvalue weighted by molar-refractivity contribution is -0.115. The van der Waals surface area contributed by atoms with Gasteiger partial charge in [0.15, 0.2) is 5.78 Å². The summed E-state index contributed by atoms with van der Waals surface area (Å²) in [4.78, 5) is 38.4. The van der Waals surface area contributed by atoms with Crippen molar-refractivity contribution in [3.8, 4) is 11.1 Å². The number of allylic oxidation sites excluding steroid dienone is 3. The van der Waals surface area contributed by atoms with Gasteiger partial charge in [0, 0.05) is 69.7 Å². The Morgan fingerprint density at radius 1 is 1.12 bits per heavy atom. The number of Topliss-reactive ketones (excluding diaryl/α,β-unsaturated/α-hetero) is 1. The number of rotatable bonds is 6. The van der Waals surface area contributed by atoms with E-state index in [9.17, 15) is 9.59 Å². The van der Waals surface area contributed by atoms with Crippen molar-refractivity contribution in [3.63, 3.8) is 0 Å². The molecule has 0 bridgehead atoms. The fourth-order valence-electron chi connectivity index (χ4n) is 5.03. The Morgan fingerprint density at radius 3 is 2.80 bits per heavy atom. The topological polar surface area (TPSA) is 99.8 Å². The third kappa shape index (κ3) is 5.28. The molecule has 0 radical (unpaired) electrons. The lowest BCUT2D eigenvalue weighted by Crippen LogP contribution is -2.09. The van der Waals surface area contributed by atoms with E-state index in [2.05, 4.69) is 32.8 Å². The van der Waals surface area contributed by atoms with Gasteiger partial charge in [-0.15, -0.1) is 11.3 Å². The summed E-state index contributed by atoms with van der Waals surface area (Å²) in [6.07, 6.45) is 13.1. The average Bonchev–Trinajstić information content (AvgIpc) is 3.51. The molecule has 1 amide bonds. The maximum Gasteiger partial charge on any atom is 0.224 e. The quantitative estimate of drug-likeness (QED) is 0.218. The minimum Gasteiger partial charge on any atom is -0.384 e. The number of thiophene rings is 1. The van der Waals surface area contributed by atoms with Crippen molar-refractivity contribution < 1.29 is 14.0 Å². The van der Waals surface area contributed by atoms with E-state index in [1.807, 2.05) is 30.4 Å². The van der Waals surface area contributed by atoms with Gasteiger partial charge in [-0.3, -0.25) is 14.6 Å². The maximum atomic E-state index is 15.5. The van der Waals surface area contributed by atoms with Gasteiger partial charge < -0.3 is 15.6 Å². The van der Waals surface area contributed by atoms with Crippen LogP contribution in [0.2, 0.25) is 0 Å². The number of anilines is 2. The molecule has 1 aliphatic heterocycles. The predicted octanol–water partition coefficient (Wildman–Crippen LogP) is 7.01. The van der Waals surface area contributed by atoms with E-state index in [4.69, 9.17) is 4.98 Å². The lowest BCUT2D eigenvalue weighted by Gasteiger charge is -2.14. The molecule has 0 saturated carbocycles. The van der Waals surface area contributed by atoms with Crippen molar-refractivity contribution in [2.45, 2.75) is 33.1 Å². The molecule has 4 aromatic rings. The summed E-state index contributed by atoms with van der Waals surface area (Å²) in [5.41, 5.74) is 6.61. The van der Waals surface area contributed by atoms with Crippen LogP contribution in [0.15, 0.2) is 67.0 Å². The molecule has 41 heavy (non-hydrogen) atoms. The Balaban J connectivity index is 1.42. The van der Waals surface area contributed by atoms with Gasteiger partial charge >= 0.3 is 0 Å². The monoisotopic (exact) mass is 565 g/mol. The van der Waals surface area contributed by atoms with Crippen LogP contribution in [-0.2, 0) is 11.2 Å². The number of hydrogen-bond donors (Lipinski definition) is 3. The fraction of sp³-hybridized carbons (Fsp3) is 0.188. The van der Waals surface area contributed by atoms with Gasteiger partial charge in [-0.1, -0.05) is 31.2 Å². The second-order valence-corrected chi connectivity index (χ2v) is 11.0. The number of H-pyrrole nitrogens is 1. The number of carbonyl (C=O) groups excluding carboxylic acids is 2. The summed E-state index contributed by atoms with van der Waals surface area (Å²) in [5, 5.41) is 6.14. The zero-order chi connectivity index (χ0) is 28.5. The van der Waals surface area contributed by atoms with Gasteiger partial charge in [-0.2, -0.15) is 0 Å². The van der Waals surface area contributed by atoms with Gasteiger partial charge in [0.05, 0.1) is 22.5 Å². The average molecular weight is 566 g/mol. The van der Waals surface area contributed by atoms with Crippen LogP contribution in [0.25, 0.3) is 22.3 Å². The fourth-order valence-corrected chi connectivity index (χ4v) is 5.96. The molecule has 0 atom stereocenters. The Labute approximate surface area is 241 Å². The molecular weight excluding hydrogens is 537 g/mol. The minimum absolute atomic E-state index is 0.0400. The Bertz CT molecular complexity index is 1780. The summed E-state index contributed by atoms with van der Waals surface area (Å²) in [7, 11) is 0. The first-order valence-electron chi connectivity index (χ1n) is 13.5. The van der Waals surface area contributed by atoms with E-state index in [-0.39, 0.29) is 17.5 Å². The maximum absolute atomic E-state index is 15.5. The highest BCUT2D eigenvalue weighted by Crippen LogP contribution is 2.39. The molecule has 9 heteroatoms. The molecule has 1 aliphatic carbocycles. The third-order valence-electron chi connectivity index (χ3n) is 7.09. The van der Waals surface area contributed by atoms with Crippen LogP contribution >= 0.6 is 11.3 Å². The number of carbonyl (C=O) groups is 2. The normalized spacial score (nSPS) is 14.1. The van der Waals surface area contributed by atoms with Crippen LogP contribution in [0.4, 0.5) is 15.8 Å². The largest absolute Gasteiger partial charge is 0.384 e. The second kappa shape index (κ2) is 11.1.